The van der Waals surface area contributed by atoms with Crippen molar-refractivity contribution in [3.8, 4) is 0 Å². The molecule has 3 aromatic carbocycles. The van der Waals surface area contributed by atoms with Gasteiger partial charge in [-0.15, -0.1) is 0 Å². The van der Waals surface area contributed by atoms with E-state index in [1.165, 1.54) is 0 Å². The van der Waals surface area contributed by atoms with Gasteiger partial charge in [-0.25, -0.2) is 0 Å². The summed E-state index contributed by atoms with van der Waals surface area (Å²) >= 11 is 3.40. The number of carbonyl (C=O) groups is 1. The zero-order valence-electron chi connectivity index (χ0n) is 15.0. The molecule has 0 saturated carbocycles. The highest BCUT2D eigenvalue weighted by atomic mass is 79.9. The number of para-hydroxylation sites is 1. The molecule has 0 radical (unpaired) electrons. The zero-order chi connectivity index (χ0) is 19.3. The predicted molar refractivity (Wildman–Crippen MR) is 120 cm³/mol. The van der Waals surface area contributed by atoms with Crippen LogP contribution in [0.3, 0.4) is 0 Å². The number of fused-ring (bicyclic) bond motifs is 1. The summed E-state index contributed by atoms with van der Waals surface area (Å²) in [6, 6.07) is 23.2. The van der Waals surface area contributed by atoms with Crippen LogP contribution in [0.1, 0.15) is 21.5 Å². The van der Waals surface area contributed by atoms with Gasteiger partial charge in [0.2, 0.25) is 0 Å². The standard InChI is InChI=1S/C24H17BrN2O/c25-20-10-5-17(6-11-20)7-14-24(28)18-8-12-21(13-9-18)26-15-19-16-27-23-4-2-1-3-22(19)23/h1-16,27H/b14-7+,26-15?. The number of H-pyrrole nitrogens is 1. The first-order valence-electron chi connectivity index (χ1n) is 8.87. The van der Waals surface area contributed by atoms with Crippen LogP contribution in [0.15, 0.2) is 94.5 Å². The van der Waals surface area contributed by atoms with Gasteiger partial charge in [-0.1, -0.05) is 52.3 Å². The largest absolute Gasteiger partial charge is 0.361 e. The van der Waals surface area contributed by atoms with Crippen LogP contribution in [0.4, 0.5) is 5.69 Å². The van der Waals surface area contributed by atoms with Crippen LogP contribution < -0.4 is 0 Å². The fourth-order valence-corrected chi connectivity index (χ4v) is 3.16. The number of rotatable bonds is 5. The number of hydrogen-bond acceptors (Lipinski definition) is 2. The Hall–Kier alpha value is -3.24. The van der Waals surface area contributed by atoms with E-state index in [0.717, 1.165) is 32.2 Å². The molecule has 0 aliphatic heterocycles. The molecule has 0 fully saturated rings. The molecule has 1 aromatic heterocycles. The Morgan fingerprint density at radius 2 is 1.68 bits per heavy atom. The first kappa shape index (κ1) is 18.1. The lowest BCUT2D eigenvalue weighted by Crippen LogP contribution is -1.93. The molecule has 0 unspecified atom stereocenters. The van der Waals surface area contributed by atoms with Gasteiger partial charge in [-0.3, -0.25) is 9.79 Å². The third kappa shape index (κ3) is 4.18. The number of hydrogen-bond donors (Lipinski definition) is 1. The highest BCUT2D eigenvalue weighted by Crippen LogP contribution is 2.19. The van der Waals surface area contributed by atoms with E-state index in [9.17, 15) is 4.79 Å². The highest BCUT2D eigenvalue weighted by Gasteiger charge is 2.02. The molecule has 0 aliphatic carbocycles. The van der Waals surface area contributed by atoms with Crippen molar-refractivity contribution in [1.82, 2.24) is 4.98 Å². The molecule has 0 aliphatic rings. The maximum Gasteiger partial charge on any atom is 0.185 e. The topological polar surface area (TPSA) is 45.2 Å². The van der Waals surface area contributed by atoms with Crippen molar-refractivity contribution in [2.45, 2.75) is 0 Å². The van der Waals surface area contributed by atoms with Crippen molar-refractivity contribution in [2.75, 3.05) is 0 Å². The lowest BCUT2D eigenvalue weighted by atomic mass is 10.1. The van der Waals surface area contributed by atoms with Crippen LogP contribution >= 0.6 is 15.9 Å². The first-order valence-corrected chi connectivity index (χ1v) is 9.66. The number of halogens is 1. The first-order chi connectivity index (χ1) is 13.7. The van der Waals surface area contributed by atoms with Crippen molar-refractivity contribution in [3.05, 3.63) is 106 Å². The molecule has 1 heterocycles. The molecule has 28 heavy (non-hydrogen) atoms. The van der Waals surface area contributed by atoms with E-state index in [0.29, 0.717) is 5.56 Å². The molecule has 136 valence electrons. The van der Waals surface area contributed by atoms with E-state index in [-0.39, 0.29) is 5.78 Å². The number of aliphatic imine (C=N–C) groups is 1. The number of nitrogens with one attached hydrogen (secondary N) is 1. The maximum absolute atomic E-state index is 12.3. The van der Waals surface area contributed by atoms with Crippen molar-refractivity contribution in [2.24, 2.45) is 4.99 Å². The number of nitrogens with zero attached hydrogens (tertiary/aromatic N) is 1. The predicted octanol–water partition coefficient (Wildman–Crippen LogP) is 6.58. The minimum atomic E-state index is -0.0323. The Labute approximate surface area is 171 Å². The summed E-state index contributed by atoms with van der Waals surface area (Å²) in [4.78, 5) is 20.1. The van der Waals surface area contributed by atoms with E-state index >= 15 is 0 Å². The number of ketones is 1. The lowest BCUT2D eigenvalue weighted by Gasteiger charge is -1.98. The monoisotopic (exact) mass is 428 g/mol. The summed E-state index contributed by atoms with van der Waals surface area (Å²) in [6.45, 7) is 0. The van der Waals surface area contributed by atoms with Crippen LogP contribution in [-0.4, -0.2) is 17.0 Å². The summed E-state index contributed by atoms with van der Waals surface area (Å²) in [6.07, 6.45) is 7.19. The van der Waals surface area contributed by atoms with Crippen LogP contribution in [0.25, 0.3) is 17.0 Å². The summed E-state index contributed by atoms with van der Waals surface area (Å²) in [5, 5.41) is 1.14. The number of carbonyl (C=O) groups excluding carboxylic acids is 1. The van der Waals surface area contributed by atoms with Crippen LogP contribution in [0.5, 0.6) is 0 Å². The molecule has 3 nitrogen and oxygen atoms in total. The highest BCUT2D eigenvalue weighted by molar-refractivity contribution is 9.10. The molecule has 0 atom stereocenters. The molecule has 0 amide bonds. The van der Waals surface area contributed by atoms with Gasteiger partial charge in [0.05, 0.1) is 5.69 Å². The summed E-state index contributed by atoms with van der Waals surface area (Å²) in [5.74, 6) is -0.0323. The van der Waals surface area contributed by atoms with Gasteiger partial charge in [0.25, 0.3) is 0 Å². The third-order valence-electron chi connectivity index (χ3n) is 4.42. The normalized spacial score (nSPS) is 11.6. The van der Waals surface area contributed by atoms with E-state index < -0.39 is 0 Å². The molecule has 1 N–H and O–H groups in total. The molecule has 4 aromatic rings. The molecular weight excluding hydrogens is 412 g/mol. The Balaban J connectivity index is 1.46. The van der Waals surface area contributed by atoms with Crippen molar-refractivity contribution < 1.29 is 4.79 Å². The second kappa shape index (κ2) is 8.19. The van der Waals surface area contributed by atoms with Crippen molar-refractivity contribution in [3.63, 3.8) is 0 Å². The Morgan fingerprint density at radius 3 is 2.46 bits per heavy atom. The Morgan fingerprint density at radius 1 is 0.929 bits per heavy atom. The van der Waals surface area contributed by atoms with Crippen molar-refractivity contribution >= 4 is 50.6 Å². The summed E-state index contributed by atoms with van der Waals surface area (Å²) < 4.78 is 1.01. The van der Waals surface area contributed by atoms with E-state index in [4.69, 9.17) is 0 Å². The van der Waals surface area contributed by atoms with E-state index in [2.05, 4.69) is 32.0 Å². The van der Waals surface area contributed by atoms with Gasteiger partial charge in [0, 0.05) is 38.9 Å². The summed E-state index contributed by atoms with van der Waals surface area (Å²) in [7, 11) is 0. The Bertz CT molecular complexity index is 1170. The van der Waals surface area contributed by atoms with Gasteiger partial charge in [0.1, 0.15) is 0 Å². The second-order valence-corrected chi connectivity index (χ2v) is 7.26. The Kier molecular flexibility index (Phi) is 5.31. The van der Waals surface area contributed by atoms with E-state index in [1.54, 1.807) is 18.2 Å². The maximum atomic E-state index is 12.3. The average molecular weight is 429 g/mol. The van der Waals surface area contributed by atoms with Gasteiger partial charge < -0.3 is 4.98 Å². The van der Waals surface area contributed by atoms with Gasteiger partial charge >= 0.3 is 0 Å². The lowest BCUT2D eigenvalue weighted by molar-refractivity contribution is 0.104. The molecule has 4 rings (SSSR count). The third-order valence-corrected chi connectivity index (χ3v) is 4.95. The molecular formula is C24H17BrN2O. The molecule has 0 spiro atoms. The number of aromatic amines is 1. The molecule has 0 bridgehead atoms. The average Bonchev–Trinajstić information content (AvgIpc) is 3.15. The van der Waals surface area contributed by atoms with Crippen LogP contribution in [-0.2, 0) is 0 Å². The number of allylic oxidation sites excluding steroid dienone is 1. The smallest absolute Gasteiger partial charge is 0.185 e. The van der Waals surface area contributed by atoms with Gasteiger partial charge in [-0.2, -0.15) is 0 Å². The van der Waals surface area contributed by atoms with Gasteiger partial charge in [-0.05, 0) is 54.1 Å². The van der Waals surface area contributed by atoms with Crippen LogP contribution in [0, 0.1) is 0 Å². The quantitative estimate of drug-likeness (QED) is 0.218. The fraction of sp³-hybridized carbons (Fsp3) is 0. The van der Waals surface area contributed by atoms with Crippen molar-refractivity contribution in [1.29, 1.82) is 0 Å². The van der Waals surface area contributed by atoms with E-state index in [1.807, 2.05) is 73.1 Å². The molecule has 4 heteroatoms. The summed E-state index contributed by atoms with van der Waals surface area (Å²) in [5.41, 5.74) is 4.55. The zero-order valence-corrected chi connectivity index (χ0v) is 16.6. The molecule has 0 saturated heterocycles. The van der Waals surface area contributed by atoms with Gasteiger partial charge in [0.15, 0.2) is 5.78 Å². The minimum Gasteiger partial charge on any atom is -0.361 e. The fourth-order valence-electron chi connectivity index (χ4n) is 2.90. The minimum absolute atomic E-state index is 0.0323. The number of benzene rings is 3. The second-order valence-electron chi connectivity index (χ2n) is 6.34. The van der Waals surface area contributed by atoms with Crippen LogP contribution in [0.2, 0.25) is 0 Å². The number of aromatic nitrogens is 1. The SMILES string of the molecule is O=C(/C=C/c1ccc(Br)cc1)c1ccc(N=Cc2c[nH]c3ccccc23)cc1.